The Labute approximate surface area is 110 Å². The molecule has 0 bridgehead atoms. The second-order valence-electron chi connectivity index (χ2n) is 5.23. The van der Waals surface area contributed by atoms with Crippen LogP contribution >= 0.6 is 0 Å². The first kappa shape index (κ1) is 15.6. The van der Waals surface area contributed by atoms with Crippen LogP contribution in [0.2, 0.25) is 0 Å². The van der Waals surface area contributed by atoms with Gasteiger partial charge in [0.1, 0.15) is 0 Å². The van der Waals surface area contributed by atoms with E-state index < -0.39 is 17.7 Å². The normalized spacial score (nSPS) is 14.2. The SMILES string of the molecule is CC(C)(C#N)CCCn1ccc(C(O)C(F)(F)F)c1. The Hall–Kier alpha value is -1.48. The molecule has 19 heavy (non-hydrogen) atoms. The van der Waals surface area contributed by atoms with Crippen molar-refractivity contribution in [1.29, 1.82) is 5.26 Å². The van der Waals surface area contributed by atoms with Crippen LogP contribution in [0.3, 0.4) is 0 Å². The van der Waals surface area contributed by atoms with E-state index in [-0.39, 0.29) is 5.56 Å². The average Bonchev–Trinajstić information content (AvgIpc) is 2.75. The molecule has 1 aromatic rings. The minimum Gasteiger partial charge on any atom is -0.379 e. The summed E-state index contributed by atoms with van der Waals surface area (Å²) in [6.45, 7) is 4.17. The van der Waals surface area contributed by atoms with E-state index in [1.807, 2.05) is 13.8 Å². The monoisotopic (exact) mass is 274 g/mol. The molecule has 1 heterocycles. The number of halogens is 3. The van der Waals surface area contributed by atoms with Gasteiger partial charge < -0.3 is 9.67 Å². The molecule has 106 valence electrons. The third-order valence-corrected chi connectivity index (χ3v) is 2.92. The molecule has 0 aliphatic carbocycles. The number of aromatic nitrogens is 1. The number of alkyl halides is 3. The summed E-state index contributed by atoms with van der Waals surface area (Å²) in [5, 5.41) is 17.9. The largest absolute Gasteiger partial charge is 0.418 e. The number of rotatable bonds is 5. The first-order valence-corrected chi connectivity index (χ1v) is 5.97. The molecule has 0 spiro atoms. The number of hydrogen-bond donors (Lipinski definition) is 1. The molecule has 0 aliphatic heterocycles. The summed E-state index contributed by atoms with van der Waals surface area (Å²) in [5.74, 6) is 0. The highest BCUT2D eigenvalue weighted by atomic mass is 19.4. The summed E-state index contributed by atoms with van der Waals surface area (Å²) in [6, 6.07) is 3.43. The van der Waals surface area contributed by atoms with E-state index in [0.717, 1.165) is 0 Å². The fourth-order valence-corrected chi connectivity index (χ4v) is 1.71. The molecule has 1 N–H and O–H groups in total. The molecule has 1 rings (SSSR count). The maximum Gasteiger partial charge on any atom is 0.418 e. The Kier molecular flexibility index (Phi) is 4.64. The molecule has 0 aromatic carbocycles. The lowest BCUT2D eigenvalue weighted by molar-refractivity contribution is -0.206. The van der Waals surface area contributed by atoms with Crippen LogP contribution in [0.4, 0.5) is 13.2 Å². The predicted molar refractivity (Wildman–Crippen MR) is 64.1 cm³/mol. The second kappa shape index (κ2) is 5.66. The first-order chi connectivity index (χ1) is 8.65. The molecule has 1 aromatic heterocycles. The molecular weight excluding hydrogens is 257 g/mol. The highest BCUT2D eigenvalue weighted by Crippen LogP contribution is 2.32. The van der Waals surface area contributed by atoms with Crippen molar-refractivity contribution >= 4 is 0 Å². The van der Waals surface area contributed by atoms with Gasteiger partial charge in [-0.3, -0.25) is 0 Å². The van der Waals surface area contributed by atoms with Crippen molar-refractivity contribution in [3.63, 3.8) is 0 Å². The highest BCUT2D eigenvalue weighted by molar-refractivity contribution is 5.15. The van der Waals surface area contributed by atoms with Gasteiger partial charge in [0.15, 0.2) is 6.10 Å². The summed E-state index contributed by atoms with van der Waals surface area (Å²) in [6.07, 6.45) is -2.93. The smallest absolute Gasteiger partial charge is 0.379 e. The number of hydrogen-bond acceptors (Lipinski definition) is 2. The molecule has 0 saturated carbocycles. The van der Waals surface area contributed by atoms with Crippen molar-refractivity contribution < 1.29 is 18.3 Å². The van der Waals surface area contributed by atoms with Gasteiger partial charge in [-0.05, 0) is 32.8 Å². The molecule has 3 nitrogen and oxygen atoms in total. The number of aliphatic hydroxyl groups is 1. The first-order valence-electron chi connectivity index (χ1n) is 5.97. The zero-order valence-electron chi connectivity index (χ0n) is 10.9. The Morgan fingerprint density at radius 1 is 1.42 bits per heavy atom. The summed E-state index contributed by atoms with van der Waals surface area (Å²) >= 11 is 0. The van der Waals surface area contributed by atoms with Crippen molar-refractivity contribution in [2.45, 2.75) is 45.5 Å². The van der Waals surface area contributed by atoms with Crippen molar-refractivity contribution in [1.82, 2.24) is 4.57 Å². The van der Waals surface area contributed by atoms with Crippen LogP contribution in [-0.4, -0.2) is 15.8 Å². The minimum atomic E-state index is -4.64. The van der Waals surface area contributed by atoms with E-state index in [1.54, 1.807) is 4.57 Å². The van der Waals surface area contributed by atoms with Gasteiger partial charge in [-0.25, -0.2) is 0 Å². The fraction of sp³-hybridized carbons (Fsp3) is 0.615. The summed E-state index contributed by atoms with van der Waals surface area (Å²) in [5.41, 5.74) is -0.589. The van der Waals surface area contributed by atoms with E-state index in [2.05, 4.69) is 6.07 Å². The summed E-state index contributed by atoms with van der Waals surface area (Å²) in [4.78, 5) is 0. The Bertz CT molecular complexity index is 457. The van der Waals surface area contributed by atoms with Gasteiger partial charge in [0.05, 0.1) is 11.5 Å². The van der Waals surface area contributed by atoms with Gasteiger partial charge in [-0.2, -0.15) is 18.4 Å². The van der Waals surface area contributed by atoms with Crippen LogP contribution in [0.5, 0.6) is 0 Å². The maximum absolute atomic E-state index is 12.3. The average molecular weight is 274 g/mol. The molecule has 0 fully saturated rings. The standard InChI is InChI=1S/C13H17F3N2O/c1-12(2,9-17)5-3-6-18-7-4-10(8-18)11(19)13(14,15)16/h4,7-8,11,19H,3,5-6H2,1-2H3. The lowest BCUT2D eigenvalue weighted by Crippen LogP contribution is -2.19. The predicted octanol–water partition coefficient (Wildman–Crippen LogP) is 3.41. The van der Waals surface area contributed by atoms with E-state index >= 15 is 0 Å². The van der Waals surface area contributed by atoms with Crippen molar-refractivity contribution in [2.75, 3.05) is 0 Å². The van der Waals surface area contributed by atoms with Crippen molar-refractivity contribution in [3.05, 3.63) is 24.0 Å². The molecular formula is C13H17F3N2O. The van der Waals surface area contributed by atoms with Crippen LogP contribution in [0.1, 0.15) is 38.4 Å². The lowest BCUT2D eigenvalue weighted by Gasteiger charge is -2.15. The van der Waals surface area contributed by atoms with E-state index in [4.69, 9.17) is 10.4 Å². The Morgan fingerprint density at radius 3 is 2.58 bits per heavy atom. The maximum atomic E-state index is 12.3. The number of nitriles is 1. The van der Waals surface area contributed by atoms with Crippen molar-refractivity contribution in [2.24, 2.45) is 5.41 Å². The van der Waals surface area contributed by atoms with Crippen LogP contribution < -0.4 is 0 Å². The minimum absolute atomic E-state index is 0.160. The molecule has 0 saturated heterocycles. The summed E-state index contributed by atoms with van der Waals surface area (Å²) < 4.78 is 38.5. The van der Waals surface area contributed by atoms with E-state index in [1.165, 1.54) is 18.5 Å². The third kappa shape index (κ3) is 4.60. The van der Waals surface area contributed by atoms with Crippen LogP contribution in [0.25, 0.3) is 0 Å². The number of nitrogens with zero attached hydrogens (tertiary/aromatic N) is 2. The highest BCUT2D eigenvalue weighted by Gasteiger charge is 2.39. The molecule has 0 aliphatic rings. The van der Waals surface area contributed by atoms with Crippen LogP contribution in [0.15, 0.2) is 18.5 Å². The second-order valence-corrected chi connectivity index (χ2v) is 5.23. The van der Waals surface area contributed by atoms with Gasteiger partial charge in [-0.1, -0.05) is 0 Å². The number of aryl methyl sites for hydroxylation is 1. The van der Waals surface area contributed by atoms with Gasteiger partial charge in [0.2, 0.25) is 0 Å². The van der Waals surface area contributed by atoms with Gasteiger partial charge in [0, 0.05) is 24.5 Å². The van der Waals surface area contributed by atoms with E-state index in [9.17, 15) is 13.2 Å². The molecule has 0 radical (unpaired) electrons. The van der Waals surface area contributed by atoms with Crippen LogP contribution in [0, 0.1) is 16.7 Å². The lowest BCUT2D eigenvalue weighted by atomic mass is 9.90. The molecule has 0 amide bonds. The van der Waals surface area contributed by atoms with E-state index in [0.29, 0.717) is 19.4 Å². The zero-order valence-corrected chi connectivity index (χ0v) is 10.9. The van der Waals surface area contributed by atoms with Gasteiger partial charge >= 0.3 is 6.18 Å². The Morgan fingerprint density at radius 2 is 2.05 bits per heavy atom. The van der Waals surface area contributed by atoms with Crippen LogP contribution in [-0.2, 0) is 6.54 Å². The quantitative estimate of drug-likeness (QED) is 0.894. The Balaban J connectivity index is 2.55. The van der Waals surface area contributed by atoms with Gasteiger partial charge in [-0.15, -0.1) is 0 Å². The zero-order chi connectivity index (χ0) is 14.7. The third-order valence-electron chi connectivity index (χ3n) is 2.92. The van der Waals surface area contributed by atoms with Gasteiger partial charge in [0.25, 0.3) is 0 Å². The molecule has 1 unspecified atom stereocenters. The molecule has 1 atom stereocenters. The topological polar surface area (TPSA) is 49.0 Å². The van der Waals surface area contributed by atoms with Crippen molar-refractivity contribution in [3.8, 4) is 6.07 Å². The summed E-state index contributed by atoms with van der Waals surface area (Å²) in [7, 11) is 0. The molecule has 6 heteroatoms. The number of aliphatic hydroxyl groups excluding tert-OH is 1. The fourth-order valence-electron chi connectivity index (χ4n) is 1.71.